The zero-order chi connectivity index (χ0) is 12.3. The Balaban J connectivity index is 2.88. The standard InChI is InChI=1S/C13H17NO2/c1-9(12(15)16-13(2,3)4)10-7-5-6-8-11(10)14/h5-8H,1,14H2,2-4H3. The van der Waals surface area contributed by atoms with E-state index in [0.29, 0.717) is 11.3 Å². The molecule has 0 unspecified atom stereocenters. The zero-order valence-electron chi connectivity index (χ0n) is 9.91. The number of para-hydroxylation sites is 1. The average molecular weight is 219 g/mol. The topological polar surface area (TPSA) is 52.3 Å². The minimum absolute atomic E-state index is 0.285. The predicted molar refractivity (Wildman–Crippen MR) is 65.7 cm³/mol. The van der Waals surface area contributed by atoms with Gasteiger partial charge in [0.15, 0.2) is 0 Å². The molecule has 0 aromatic heterocycles. The minimum atomic E-state index is -0.524. The molecule has 0 fully saturated rings. The summed E-state index contributed by atoms with van der Waals surface area (Å²) in [6.07, 6.45) is 0. The summed E-state index contributed by atoms with van der Waals surface area (Å²) in [5, 5.41) is 0. The fraction of sp³-hybridized carbons (Fsp3) is 0.308. The van der Waals surface area contributed by atoms with E-state index in [0.717, 1.165) is 0 Å². The molecule has 0 aliphatic rings. The maximum atomic E-state index is 11.7. The van der Waals surface area contributed by atoms with E-state index in [-0.39, 0.29) is 5.57 Å². The first-order valence-corrected chi connectivity index (χ1v) is 5.08. The first kappa shape index (κ1) is 12.3. The summed E-state index contributed by atoms with van der Waals surface area (Å²) < 4.78 is 5.21. The Hall–Kier alpha value is -1.77. The van der Waals surface area contributed by atoms with Gasteiger partial charge < -0.3 is 10.5 Å². The van der Waals surface area contributed by atoms with Crippen LogP contribution in [0.4, 0.5) is 5.69 Å². The highest BCUT2D eigenvalue weighted by atomic mass is 16.6. The Morgan fingerprint density at radius 3 is 2.38 bits per heavy atom. The van der Waals surface area contributed by atoms with Crippen LogP contribution in [0.1, 0.15) is 26.3 Å². The Morgan fingerprint density at radius 1 is 1.31 bits per heavy atom. The highest BCUT2D eigenvalue weighted by Gasteiger charge is 2.20. The third-order valence-electron chi connectivity index (χ3n) is 1.93. The molecule has 3 nitrogen and oxygen atoms in total. The molecule has 0 aliphatic carbocycles. The van der Waals surface area contributed by atoms with E-state index >= 15 is 0 Å². The molecule has 1 rings (SSSR count). The maximum Gasteiger partial charge on any atom is 0.338 e. The summed E-state index contributed by atoms with van der Waals surface area (Å²) in [6, 6.07) is 7.09. The van der Waals surface area contributed by atoms with Crippen LogP contribution in [-0.4, -0.2) is 11.6 Å². The normalized spacial score (nSPS) is 10.9. The van der Waals surface area contributed by atoms with Gasteiger partial charge in [-0.1, -0.05) is 24.8 Å². The molecule has 0 saturated carbocycles. The van der Waals surface area contributed by atoms with Gasteiger partial charge in [0.25, 0.3) is 0 Å². The molecule has 0 heterocycles. The fourth-order valence-electron chi connectivity index (χ4n) is 1.22. The van der Waals surface area contributed by atoms with Gasteiger partial charge in [0.1, 0.15) is 5.60 Å². The molecule has 0 aliphatic heterocycles. The third-order valence-corrected chi connectivity index (χ3v) is 1.93. The molecule has 0 spiro atoms. The van der Waals surface area contributed by atoms with Crippen LogP contribution in [0.25, 0.3) is 5.57 Å². The van der Waals surface area contributed by atoms with E-state index in [2.05, 4.69) is 6.58 Å². The van der Waals surface area contributed by atoms with Crippen LogP contribution in [-0.2, 0) is 9.53 Å². The number of benzene rings is 1. The third kappa shape index (κ3) is 3.12. The Morgan fingerprint density at radius 2 is 1.88 bits per heavy atom. The van der Waals surface area contributed by atoms with Crippen molar-refractivity contribution in [3.63, 3.8) is 0 Å². The summed E-state index contributed by atoms with van der Waals surface area (Å²) in [5.41, 5.74) is 6.66. The van der Waals surface area contributed by atoms with Gasteiger partial charge in [0.2, 0.25) is 0 Å². The van der Waals surface area contributed by atoms with Crippen molar-refractivity contribution in [2.45, 2.75) is 26.4 Å². The summed E-state index contributed by atoms with van der Waals surface area (Å²) in [5.74, 6) is -0.439. The number of hydrogen-bond donors (Lipinski definition) is 1. The molecule has 1 aromatic carbocycles. The average Bonchev–Trinajstić information content (AvgIpc) is 2.15. The van der Waals surface area contributed by atoms with Gasteiger partial charge in [0.05, 0.1) is 5.57 Å². The van der Waals surface area contributed by atoms with Crippen LogP contribution >= 0.6 is 0 Å². The van der Waals surface area contributed by atoms with Crippen LogP contribution in [0.2, 0.25) is 0 Å². The highest BCUT2D eigenvalue weighted by molar-refractivity contribution is 6.17. The summed E-state index contributed by atoms with van der Waals surface area (Å²) in [7, 11) is 0. The van der Waals surface area contributed by atoms with Gasteiger partial charge >= 0.3 is 5.97 Å². The van der Waals surface area contributed by atoms with Crippen LogP contribution in [0.3, 0.4) is 0 Å². The second kappa shape index (κ2) is 4.39. The Kier molecular flexibility index (Phi) is 3.38. The number of ether oxygens (including phenoxy) is 1. The van der Waals surface area contributed by atoms with Crippen molar-refractivity contribution in [2.24, 2.45) is 0 Å². The molecule has 0 amide bonds. The van der Waals surface area contributed by atoms with E-state index in [1.54, 1.807) is 24.3 Å². The fourth-order valence-corrected chi connectivity index (χ4v) is 1.22. The van der Waals surface area contributed by atoms with E-state index in [4.69, 9.17) is 10.5 Å². The second-order valence-corrected chi connectivity index (χ2v) is 4.57. The van der Waals surface area contributed by atoms with Crippen LogP contribution in [0.5, 0.6) is 0 Å². The molecule has 86 valence electrons. The first-order chi connectivity index (χ1) is 7.31. The highest BCUT2D eigenvalue weighted by Crippen LogP contribution is 2.22. The summed E-state index contributed by atoms with van der Waals surface area (Å²) in [4.78, 5) is 11.7. The SMILES string of the molecule is C=C(C(=O)OC(C)(C)C)c1ccccc1N. The van der Waals surface area contributed by atoms with E-state index in [1.807, 2.05) is 20.8 Å². The zero-order valence-corrected chi connectivity index (χ0v) is 9.91. The number of nitrogen functional groups attached to an aromatic ring is 1. The molecule has 0 saturated heterocycles. The molecule has 1 aromatic rings. The van der Waals surface area contributed by atoms with Gasteiger partial charge in [-0.25, -0.2) is 4.79 Å². The molecule has 2 N–H and O–H groups in total. The molecule has 0 bridgehead atoms. The van der Waals surface area contributed by atoms with Crippen molar-refractivity contribution in [1.29, 1.82) is 0 Å². The number of esters is 1. The van der Waals surface area contributed by atoms with E-state index in [9.17, 15) is 4.79 Å². The molecule has 0 atom stereocenters. The second-order valence-electron chi connectivity index (χ2n) is 4.57. The largest absolute Gasteiger partial charge is 0.456 e. The van der Waals surface area contributed by atoms with Crippen LogP contribution in [0.15, 0.2) is 30.8 Å². The number of carbonyl (C=O) groups excluding carboxylic acids is 1. The number of nitrogens with two attached hydrogens (primary N) is 1. The number of hydrogen-bond acceptors (Lipinski definition) is 3. The van der Waals surface area contributed by atoms with Crippen LogP contribution < -0.4 is 5.73 Å². The van der Waals surface area contributed by atoms with Gasteiger partial charge in [-0.2, -0.15) is 0 Å². The minimum Gasteiger partial charge on any atom is -0.456 e. The van der Waals surface area contributed by atoms with Gasteiger partial charge in [-0.05, 0) is 26.8 Å². The summed E-state index contributed by atoms with van der Waals surface area (Å²) >= 11 is 0. The van der Waals surface area contributed by atoms with Crippen molar-refractivity contribution in [3.8, 4) is 0 Å². The summed E-state index contributed by atoms with van der Waals surface area (Å²) in [6.45, 7) is 9.15. The molecule has 0 radical (unpaired) electrons. The maximum absolute atomic E-state index is 11.7. The quantitative estimate of drug-likeness (QED) is 0.472. The van der Waals surface area contributed by atoms with Gasteiger partial charge in [0, 0.05) is 11.3 Å². The smallest absolute Gasteiger partial charge is 0.338 e. The Bertz CT molecular complexity index is 416. The van der Waals surface area contributed by atoms with Gasteiger partial charge in [-0.15, -0.1) is 0 Å². The van der Waals surface area contributed by atoms with Crippen molar-refractivity contribution >= 4 is 17.2 Å². The Labute approximate surface area is 95.9 Å². The molecular formula is C13H17NO2. The van der Waals surface area contributed by atoms with Crippen molar-refractivity contribution in [3.05, 3.63) is 36.4 Å². The lowest BCUT2D eigenvalue weighted by atomic mass is 10.1. The molecular weight excluding hydrogens is 202 g/mol. The van der Waals surface area contributed by atoms with Crippen molar-refractivity contribution < 1.29 is 9.53 Å². The lowest BCUT2D eigenvalue weighted by Crippen LogP contribution is -2.24. The van der Waals surface area contributed by atoms with Gasteiger partial charge in [-0.3, -0.25) is 0 Å². The lowest BCUT2D eigenvalue weighted by molar-refractivity contribution is -0.147. The van der Waals surface area contributed by atoms with Crippen molar-refractivity contribution in [2.75, 3.05) is 5.73 Å². The number of carbonyl (C=O) groups is 1. The first-order valence-electron chi connectivity index (χ1n) is 5.08. The molecule has 3 heteroatoms. The van der Waals surface area contributed by atoms with Crippen molar-refractivity contribution in [1.82, 2.24) is 0 Å². The lowest BCUT2D eigenvalue weighted by Gasteiger charge is -2.20. The number of rotatable bonds is 2. The van der Waals surface area contributed by atoms with E-state index < -0.39 is 11.6 Å². The van der Waals surface area contributed by atoms with E-state index in [1.165, 1.54) is 0 Å². The number of anilines is 1. The predicted octanol–water partition coefficient (Wildman–Crippen LogP) is 2.62. The monoisotopic (exact) mass is 219 g/mol. The molecule has 16 heavy (non-hydrogen) atoms. The van der Waals surface area contributed by atoms with Crippen LogP contribution in [0, 0.1) is 0 Å².